The van der Waals surface area contributed by atoms with E-state index in [1.807, 2.05) is 11.8 Å². The van der Waals surface area contributed by atoms with Gasteiger partial charge in [-0.2, -0.15) is 11.8 Å². The molecular weight excluding hydrogens is 251 g/mol. The van der Waals surface area contributed by atoms with E-state index in [2.05, 4.69) is 10.6 Å². The molecule has 1 aromatic rings. The van der Waals surface area contributed by atoms with Gasteiger partial charge in [0.2, 0.25) is 5.91 Å². The molecule has 1 fully saturated rings. The minimum atomic E-state index is -0.283. The number of hydrogen-bond donors (Lipinski definition) is 2. The molecular formula is C13H17FN2OS. The van der Waals surface area contributed by atoms with E-state index in [-0.39, 0.29) is 11.7 Å². The zero-order valence-electron chi connectivity index (χ0n) is 10.3. The van der Waals surface area contributed by atoms with Crippen LogP contribution >= 0.6 is 11.8 Å². The maximum Gasteiger partial charge on any atom is 0.221 e. The second-order valence-corrected chi connectivity index (χ2v) is 5.64. The van der Waals surface area contributed by atoms with Gasteiger partial charge in [-0.15, -0.1) is 0 Å². The lowest BCUT2D eigenvalue weighted by molar-refractivity contribution is -0.114. The molecule has 1 unspecified atom stereocenters. The van der Waals surface area contributed by atoms with Crippen LogP contribution in [-0.2, 0) is 4.79 Å². The Bertz CT molecular complexity index is 433. The zero-order chi connectivity index (χ0) is 13.0. The molecule has 1 saturated heterocycles. The van der Waals surface area contributed by atoms with Crippen LogP contribution in [0.5, 0.6) is 0 Å². The van der Waals surface area contributed by atoms with Gasteiger partial charge in [0.1, 0.15) is 5.82 Å². The number of hydrogen-bond acceptors (Lipinski definition) is 3. The SMILES string of the molecule is CC(=O)Nc1ccc(F)c(NCC2CCSC2)c1. The van der Waals surface area contributed by atoms with Gasteiger partial charge < -0.3 is 10.6 Å². The van der Waals surface area contributed by atoms with E-state index in [1.54, 1.807) is 12.1 Å². The minimum absolute atomic E-state index is 0.153. The predicted octanol–water partition coefficient (Wildman–Crippen LogP) is 2.95. The van der Waals surface area contributed by atoms with Gasteiger partial charge in [-0.3, -0.25) is 4.79 Å². The molecule has 1 aliphatic rings. The van der Waals surface area contributed by atoms with E-state index in [0.29, 0.717) is 17.3 Å². The van der Waals surface area contributed by atoms with Gasteiger partial charge >= 0.3 is 0 Å². The maximum atomic E-state index is 13.6. The second kappa shape index (κ2) is 6.09. The molecule has 1 heterocycles. The van der Waals surface area contributed by atoms with Crippen LogP contribution in [0, 0.1) is 11.7 Å². The van der Waals surface area contributed by atoms with E-state index in [0.717, 1.165) is 12.3 Å². The Morgan fingerprint density at radius 3 is 3.06 bits per heavy atom. The van der Waals surface area contributed by atoms with Crippen molar-refractivity contribution in [2.24, 2.45) is 5.92 Å². The minimum Gasteiger partial charge on any atom is -0.382 e. The molecule has 1 amide bonds. The van der Waals surface area contributed by atoms with Crippen molar-refractivity contribution in [3.05, 3.63) is 24.0 Å². The van der Waals surface area contributed by atoms with E-state index in [1.165, 1.54) is 25.2 Å². The molecule has 1 aromatic carbocycles. The van der Waals surface area contributed by atoms with Crippen molar-refractivity contribution >= 4 is 29.0 Å². The molecule has 0 radical (unpaired) electrons. The van der Waals surface area contributed by atoms with Crippen molar-refractivity contribution in [1.82, 2.24) is 0 Å². The first kappa shape index (κ1) is 13.2. The molecule has 0 bridgehead atoms. The summed E-state index contributed by atoms with van der Waals surface area (Å²) in [4.78, 5) is 10.9. The summed E-state index contributed by atoms with van der Waals surface area (Å²) in [6.07, 6.45) is 1.19. The second-order valence-electron chi connectivity index (χ2n) is 4.49. The Balaban J connectivity index is 1.98. The highest BCUT2D eigenvalue weighted by Crippen LogP contribution is 2.25. The van der Waals surface area contributed by atoms with Crippen molar-refractivity contribution in [3.63, 3.8) is 0 Å². The number of anilines is 2. The first-order chi connectivity index (χ1) is 8.65. The Hall–Kier alpha value is -1.23. The number of nitrogens with one attached hydrogen (secondary N) is 2. The topological polar surface area (TPSA) is 41.1 Å². The third-order valence-electron chi connectivity index (χ3n) is 2.89. The van der Waals surface area contributed by atoms with Crippen molar-refractivity contribution in [3.8, 4) is 0 Å². The van der Waals surface area contributed by atoms with Gasteiger partial charge in [0, 0.05) is 19.2 Å². The van der Waals surface area contributed by atoms with Gasteiger partial charge in [-0.25, -0.2) is 4.39 Å². The number of halogens is 1. The lowest BCUT2D eigenvalue weighted by atomic mass is 10.1. The van der Waals surface area contributed by atoms with Crippen molar-refractivity contribution in [1.29, 1.82) is 0 Å². The smallest absolute Gasteiger partial charge is 0.221 e. The molecule has 0 saturated carbocycles. The summed E-state index contributed by atoms with van der Waals surface area (Å²) in [6, 6.07) is 4.57. The van der Waals surface area contributed by atoms with E-state index >= 15 is 0 Å². The molecule has 2 N–H and O–H groups in total. The number of rotatable bonds is 4. The summed E-state index contributed by atoms with van der Waals surface area (Å²) < 4.78 is 13.6. The highest BCUT2D eigenvalue weighted by Gasteiger charge is 2.15. The Morgan fingerprint density at radius 2 is 2.39 bits per heavy atom. The zero-order valence-corrected chi connectivity index (χ0v) is 11.1. The number of thioether (sulfide) groups is 1. The summed E-state index contributed by atoms with van der Waals surface area (Å²) >= 11 is 1.94. The van der Waals surface area contributed by atoms with E-state index in [9.17, 15) is 9.18 Å². The monoisotopic (exact) mass is 268 g/mol. The lowest BCUT2D eigenvalue weighted by Crippen LogP contribution is -2.14. The van der Waals surface area contributed by atoms with Gasteiger partial charge in [-0.1, -0.05) is 0 Å². The lowest BCUT2D eigenvalue weighted by Gasteiger charge is -2.13. The Morgan fingerprint density at radius 1 is 1.56 bits per heavy atom. The molecule has 1 aliphatic heterocycles. The molecule has 18 heavy (non-hydrogen) atoms. The molecule has 1 atom stereocenters. The van der Waals surface area contributed by atoms with Gasteiger partial charge in [-0.05, 0) is 42.0 Å². The van der Waals surface area contributed by atoms with Crippen LogP contribution in [0.1, 0.15) is 13.3 Å². The van der Waals surface area contributed by atoms with Gasteiger partial charge in [0.25, 0.3) is 0 Å². The maximum absolute atomic E-state index is 13.6. The number of carbonyl (C=O) groups is 1. The number of benzene rings is 1. The fourth-order valence-corrected chi connectivity index (χ4v) is 3.22. The van der Waals surface area contributed by atoms with Crippen LogP contribution in [0.2, 0.25) is 0 Å². The van der Waals surface area contributed by atoms with Crippen molar-refractivity contribution in [2.75, 3.05) is 28.7 Å². The molecule has 2 rings (SSSR count). The number of carbonyl (C=O) groups excluding carboxylic acids is 1. The molecule has 98 valence electrons. The van der Waals surface area contributed by atoms with Gasteiger partial charge in [0.05, 0.1) is 5.69 Å². The summed E-state index contributed by atoms with van der Waals surface area (Å²) in [7, 11) is 0. The predicted molar refractivity (Wildman–Crippen MR) is 74.6 cm³/mol. The normalized spacial score (nSPS) is 18.7. The Labute approximate surface area is 111 Å². The van der Waals surface area contributed by atoms with E-state index < -0.39 is 0 Å². The molecule has 0 spiro atoms. The highest BCUT2D eigenvalue weighted by atomic mass is 32.2. The quantitative estimate of drug-likeness (QED) is 0.882. The van der Waals surface area contributed by atoms with Crippen molar-refractivity contribution in [2.45, 2.75) is 13.3 Å². The average Bonchev–Trinajstić information content (AvgIpc) is 2.82. The standard InChI is InChI=1S/C13H17FN2OS/c1-9(17)16-11-2-3-12(14)13(6-11)15-7-10-4-5-18-8-10/h2-3,6,10,15H,4-5,7-8H2,1H3,(H,16,17). The Kier molecular flexibility index (Phi) is 4.47. The van der Waals surface area contributed by atoms with Crippen LogP contribution in [0.3, 0.4) is 0 Å². The summed E-state index contributed by atoms with van der Waals surface area (Å²) in [5.74, 6) is 2.51. The van der Waals surface area contributed by atoms with Crippen LogP contribution in [0.25, 0.3) is 0 Å². The average molecular weight is 268 g/mol. The number of amides is 1. The summed E-state index contributed by atoms with van der Waals surface area (Å²) in [5.41, 5.74) is 1.07. The molecule has 3 nitrogen and oxygen atoms in total. The van der Waals surface area contributed by atoms with Crippen molar-refractivity contribution < 1.29 is 9.18 Å². The van der Waals surface area contributed by atoms with E-state index in [4.69, 9.17) is 0 Å². The van der Waals surface area contributed by atoms with Crippen LogP contribution in [0.15, 0.2) is 18.2 Å². The fourth-order valence-electron chi connectivity index (χ4n) is 1.94. The van der Waals surface area contributed by atoms with Crippen LogP contribution in [-0.4, -0.2) is 24.0 Å². The largest absolute Gasteiger partial charge is 0.382 e. The van der Waals surface area contributed by atoms with Crippen LogP contribution < -0.4 is 10.6 Å². The summed E-state index contributed by atoms with van der Waals surface area (Å²) in [5, 5.41) is 5.78. The third kappa shape index (κ3) is 3.63. The highest BCUT2D eigenvalue weighted by molar-refractivity contribution is 7.99. The molecule has 0 aromatic heterocycles. The molecule has 5 heteroatoms. The van der Waals surface area contributed by atoms with Gasteiger partial charge in [0.15, 0.2) is 0 Å². The van der Waals surface area contributed by atoms with Crippen LogP contribution in [0.4, 0.5) is 15.8 Å². The summed E-state index contributed by atoms with van der Waals surface area (Å²) in [6.45, 7) is 2.22. The first-order valence-electron chi connectivity index (χ1n) is 6.04. The third-order valence-corrected chi connectivity index (χ3v) is 4.12. The molecule has 0 aliphatic carbocycles. The first-order valence-corrected chi connectivity index (χ1v) is 7.19. The fraction of sp³-hybridized carbons (Fsp3) is 0.462.